The monoisotopic (exact) mass is 283 g/mol. The molecular weight excluding hydrogens is 266 g/mol. The van der Waals surface area contributed by atoms with Gasteiger partial charge in [-0.25, -0.2) is 4.98 Å². The van der Waals surface area contributed by atoms with Crippen molar-refractivity contribution >= 4 is 11.3 Å². The van der Waals surface area contributed by atoms with Crippen molar-refractivity contribution in [3.05, 3.63) is 64.9 Å². The van der Waals surface area contributed by atoms with E-state index in [-0.39, 0.29) is 0 Å². The zero-order valence-electron chi connectivity index (χ0n) is 11.4. The van der Waals surface area contributed by atoms with Crippen molar-refractivity contribution in [2.75, 3.05) is 0 Å². The summed E-state index contributed by atoms with van der Waals surface area (Å²) in [7, 11) is 2.02. The molecule has 0 radical (unpaired) electrons. The van der Waals surface area contributed by atoms with Gasteiger partial charge in [0.1, 0.15) is 5.82 Å². The molecule has 20 heavy (non-hydrogen) atoms. The molecule has 0 unspecified atom stereocenters. The zero-order chi connectivity index (χ0) is 13.8. The maximum Gasteiger partial charge on any atom is 0.122 e. The number of hydrogen-bond donors (Lipinski definition) is 1. The second kappa shape index (κ2) is 6.03. The van der Waals surface area contributed by atoms with Gasteiger partial charge in [0.15, 0.2) is 0 Å². The predicted octanol–water partition coefficient (Wildman–Crippen LogP) is 3.44. The van der Waals surface area contributed by atoms with Gasteiger partial charge in [-0.3, -0.25) is 0 Å². The summed E-state index contributed by atoms with van der Waals surface area (Å²) in [6.07, 6.45) is 3.80. The average molecular weight is 283 g/mol. The third-order valence-corrected chi connectivity index (χ3v) is 4.20. The summed E-state index contributed by atoms with van der Waals surface area (Å²) in [5, 5.41) is 5.65. The summed E-state index contributed by atoms with van der Waals surface area (Å²) in [5.74, 6) is 1.06. The van der Waals surface area contributed by atoms with Crippen molar-refractivity contribution in [1.82, 2.24) is 14.9 Å². The van der Waals surface area contributed by atoms with Crippen LogP contribution in [0.25, 0.3) is 11.1 Å². The number of imidazole rings is 1. The van der Waals surface area contributed by atoms with E-state index >= 15 is 0 Å². The van der Waals surface area contributed by atoms with Crippen LogP contribution in [0.4, 0.5) is 0 Å². The molecular formula is C16H17N3S. The van der Waals surface area contributed by atoms with Gasteiger partial charge in [-0.05, 0) is 22.6 Å². The normalized spacial score (nSPS) is 10.8. The lowest BCUT2D eigenvalue weighted by Crippen LogP contribution is -2.14. The molecule has 0 aliphatic rings. The number of nitrogens with zero attached hydrogens (tertiary/aromatic N) is 2. The highest BCUT2D eigenvalue weighted by Gasteiger charge is 2.03. The molecule has 3 nitrogen and oxygen atoms in total. The van der Waals surface area contributed by atoms with Crippen LogP contribution in [0.5, 0.6) is 0 Å². The van der Waals surface area contributed by atoms with Crippen LogP contribution in [0.2, 0.25) is 0 Å². The third-order valence-electron chi connectivity index (χ3n) is 3.26. The fourth-order valence-corrected chi connectivity index (χ4v) is 2.98. The minimum absolute atomic E-state index is 0.794. The Balaban J connectivity index is 1.59. The van der Waals surface area contributed by atoms with E-state index < -0.39 is 0 Å². The van der Waals surface area contributed by atoms with Crippen LogP contribution in [-0.4, -0.2) is 9.55 Å². The molecule has 4 heteroatoms. The average Bonchev–Trinajstić information content (AvgIpc) is 3.10. The summed E-state index contributed by atoms with van der Waals surface area (Å²) < 4.78 is 2.04. The summed E-state index contributed by atoms with van der Waals surface area (Å²) in [5.41, 5.74) is 2.57. The Hall–Kier alpha value is -1.91. The Morgan fingerprint density at radius 3 is 2.75 bits per heavy atom. The Labute approximate surface area is 122 Å². The Kier molecular flexibility index (Phi) is 3.95. The molecule has 0 spiro atoms. The number of aromatic nitrogens is 2. The van der Waals surface area contributed by atoms with E-state index in [4.69, 9.17) is 0 Å². The van der Waals surface area contributed by atoms with Crippen molar-refractivity contribution in [2.45, 2.75) is 13.1 Å². The molecule has 3 rings (SSSR count). The molecule has 2 aromatic heterocycles. The first kappa shape index (κ1) is 13.1. The van der Waals surface area contributed by atoms with Crippen molar-refractivity contribution in [2.24, 2.45) is 7.05 Å². The number of aryl methyl sites for hydroxylation is 1. The van der Waals surface area contributed by atoms with Gasteiger partial charge < -0.3 is 9.88 Å². The Morgan fingerprint density at radius 1 is 1.15 bits per heavy atom. The Morgan fingerprint density at radius 2 is 2.00 bits per heavy atom. The highest BCUT2D eigenvalue weighted by molar-refractivity contribution is 7.10. The lowest BCUT2D eigenvalue weighted by atomic mass is 10.1. The minimum atomic E-state index is 0.794. The van der Waals surface area contributed by atoms with Gasteiger partial charge in [0.25, 0.3) is 0 Å². The second-order valence-corrected chi connectivity index (χ2v) is 5.72. The van der Waals surface area contributed by atoms with E-state index in [0.717, 1.165) is 18.9 Å². The number of hydrogen-bond acceptors (Lipinski definition) is 3. The first-order valence-electron chi connectivity index (χ1n) is 6.62. The molecule has 0 saturated heterocycles. The van der Waals surface area contributed by atoms with Gasteiger partial charge in [-0.2, -0.15) is 0 Å². The third kappa shape index (κ3) is 2.98. The van der Waals surface area contributed by atoms with E-state index in [9.17, 15) is 0 Å². The fourth-order valence-electron chi connectivity index (χ4n) is 2.12. The van der Waals surface area contributed by atoms with Gasteiger partial charge in [0.05, 0.1) is 6.54 Å². The number of nitrogens with one attached hydrogen (secondary N) is 1. The van der Waals surface area contributed by atoms with Gasteiger partial charge in [0, 0.05) is 30.9 Å². The van der Waals surface area contributed by atoms with Crippen molar-refractivity contribution in [3.8, 4) is 11.1 Å². The van der Waals surface area contributed by atoms with E-state index in [1.165, 1.54) is 16.0 Å². The summed E-state index contributed by atoms with van der Waals surface area (Å²) in [6, 6.07) is 12.7. The lowest BCUT2D eigenvalue weighted by molar-refractivity contribution is 0.643. The van der Waals surface area contributed by atoms with Crippen molar-refractivity contribution in [1.29, 1.82) is 0 Å². The maximum absolute atomic E-state index is 4.30. The molecule has 2 heterocycles. The number of rotatable bonds is 5. The van der Waals surface area contributed by atoms with Crippen LogP contribution in [-0.2, 0) is 20.1 Å². The first-order valence-corrected chi connectivity index (χ1v) is 7.50. The molecule has 1 aromatic carbocycles. The summed E-state index contributed by atoms with van der Waals surface area (Å²) in [4.78, 5) is 5.65. The lowest BCUT2D eigenvalue weighted by Gasteiger charge is -2.03. The van der Waals surface area contributed by atoms with Gasteiger partial charge in [-0.1, -0.05) is 30.3 Å². The smallest absolute Gasteiger partial charge is 0.122 e. The number of thiophene rings is 1. The molecule has 0 amide bonds. The molecule has 0 bridgehead atoms. The van der Waals surface area contributed by atoms with Crippen molar-refractivity contribution < 1.29 is 0 Å². The van der Waals surface area contributed by atoms with Crippen LogP contribution in [0.1, 0.15) is 10.7 Å². The second-order valence-electron chi connectivity index (χ2n) is 4.73. The quantitative estimate of drug-likeness (QED) is 0.777. The minimum Gasteiger partial charge on any atom is -0.337 e. The standard InChI is InChI=1S/C16H17N3S/c1-19-8-7-18-16(19)11-17-10-15-9-14(12-20-15)13-5-3-2-4-6-13/h2-9,12,17H,10-11H2,1H3. The molecule has 102 valence electrons. The van der Waals surface area contributed by atoms with Crippen LogP contribution in [0.15, 0.2) is 54.2 Å². The molecule has 0 aliphatic carbocycles. The molecule has 1 N–H and O–H groups in total. The van der Waals surface area contributed by atoms with Crippen LogP contribution in [0, 0.1) is 0 Å². The largest absolute Gasteiger partial charge is 0.337 e. The fraction of sp³-hybridized carbons (Fsp3) is 0.188. The van der Waals surface area contributed by atoms with Gasteiger partial charge in [0.2, 0.25) is 0 Å². The molecule has 3 aromatic rings. The summed E-state index contributed by atoms with van der Waals surface area (Å²) >= 11 is 1.80. The van der Waals surface area contributed by atoms with E-state index in [1.54, 1.807) is 11.3 Å². The van der Waals surface area contributed by atoms with Crippen LogP contribution >= 0.6 is 11.3 Å². The Bertz CT molecular complexity index is 670. The molecule has 0 fully saturated rings. The summed E-state index contributed by atoms with van der Waals surface area (Å²) in [6.45, 7) is 1.67. The van der Waals surface area contributed by atoms with E-state index in [2.05, 4.69) is 46.0 Å². The van der Waals surface area contributed by atoms with Gasteiger partial charge in [-0.15, -0.1) is 11.3 Å². The van der Waals surface area contributed by atoms with Crippen molar-refractivity contribution in [3.63, 3.8) is 0 Å². The van der Waals surface area contributed by atoms with Gasteiger partial charge >= 0.3 is 0 Å². The van der Waals surface area contributed by atoms with Crippen LogP contribution < -0.4 is 5.32 Å². The maximum atomic E-state index is 4.30. The molecule has 0 atom stereocenters. The SMILES string of the molecule is Cn1ccnc1CNCc1cc(-c2ccccc2)cs1. The first-order chi connectivity index (χ1) is 9.83. The highest BCUT2D eigenvalue weighted by Crippen LogP contribution is 2.25. The molecule has 0 saturated carbocycles. The zero-order valence-corrected chi connectivity index (χ0v) is 12.2. The topological polar surface area (TPSA) is 29.9 Å². The molecule has 0 aliphatic heterocycles. The van der Waals surface area contributed by atoms with E-state index in [0.29, 0.717) is 0 Å². The van der Waals surface area contributed by atoms with E-state index in [1.807, 2.05) is 30.1 Å². The number of benzene rings is 1. The predicted molar refractivity (Wildman–Crippen MR) is 83.5 cm³/mol. The van der Waals surface area contributed by atoms with Crippen LogP contribution in [0.3, 0.4) is 0 Å². The highest BCUT2D eigenvalue weighted by atomic mass is 32.1.